The summed E-state index contributed by atoms with van der Waals surface area (Å²) in [6.07, 6.45) is -0.678. The highest BCUT2D eigenvalue weighted by molar-refractivity contribution is 7.99. The lowest BCUT2D eigenvalue weighted by Crippen LogP contribution is -1.96. The van der Waals surface area contributed by atoms with Crippen LogP contribution < -0.4 is 0 Å². The van der Waals surface area contributed by atoms with Crippen LogP contribution >= 0.6 is 11.8 Å². The largest absolute Gasteiger partial charge is 0.389 e. The Hall–Kier alpha value is -1.32. The molecule has 0 heterocycles. The lowest BCUT2D eigenvalue weighted by atomic mass is 10.0. The second kappa shape index (κ2) is 6.42. The molecule has 0 aliphatic heterocycles. The maximum Gasteiger partial charge on any atom is 0.137 e. The molecular formula is C17H19FOS. The summed E-state index contributed by atoms with van der Waals surface area (Å²) in [5, 5.41) is 9.74. The van der Waals surface area contributed by atoms with Crippen LogP contribution in [0.3, 0.4) is 0 Å². The van der Waals surface area contributed by atoms with Crippen LogP contribution in [0, 0.1) is 5.82 Å². The van der Waals surface area contributed by atoms with Gasteiger partial charge in [0.15, 0.2) is 0 Å². The average molecular weight is 290 g/mol. The normalized spacial score (nSPS) is 12.7. The first-order valence-electron chi connectivity index (χ1n) is 6.73. The lowest BCUT2D eigenvalue weighted by Gasteiger charge is -2.13. The van der Waals surface area contributed by atoms with Crippen LogP contribution in [0.2, 0.25) is 0 Å². The van der Waals surface area contributed by atoms with E-state index in [9.17, 15) is 9.50 Å². The van der Waals surface area contributed by atoms with E-state index in [-0.39, 0.29) is 5.82 Å². The van der Waals surface area contributed by atoms with Gasteiger partial charge in [0.2, 0.25) is 0 Å². The van der Waals surface area contributed by atoms with Crippen molar-refractivity contribution in [1.29, 1.82) is 0 Å². The molecule has 0 bridgehead atoms. The van der Waals surface area contributed by atoms with Crippen LogP contribution in [0.15, 0.2) is 52.3 Å². The zero-order valence-electron chi connectivity index (χ0n) is 11.9. The molecule has 0 saturated carbocycles. The van der Waals surface area contributed by atoms with Gasteiger partial charge in [-0.25, -0.2) is 4.39 Å². The van der Waals surface area contributed by atoms with Crippen molar-refractivity contribution in [2.45, 2.75) is 42.6 Å². The van der Waals surface area contributed by atoms with Crippen LogP contribution in [-0.2, 0) is 0 Å². The van der Waals surface area contributed by atoms with Gasteiger partial charge in [0, 0.05) is 4.90 Å². The Labute approximate surface area is 123 Å². The monoisotopic (exact) mass is 290 g/mol. The van der Waals surface area contributed by atoms with Crippen molar-refractivity contribution >= 4 is 11.8 Å². The van der Waals surface area contributed by atoms with Crippen molar-refractivity contribution < 1.29 is 9.50 Å². The van der Waals surface area contributed by atoms with E-state index in [2.05, 4.69) is 26.0 Å². The van der Waals surface area contributed by atoms with Gasteiger partial charge in [0.25, 0.3) is 0 Å². The number of halogens is 1. The van der Waals surface area contributed by atoms with Crippen LogP contribution in [0.25, 0.3) is 0 Å². The van der Waals surface area contributed by atoms with Gasteiger partial charge in [-0.05, 0) is 42.2 Å². The Morgan fingerprint density at radius 3 is 2.20 bits per heavy atom. The summed E-state index contributed by atoms with van der Waals surface area (Å²) >= 11 is 1.35. The SMILES string of the molecule is CC(C)c1ccc(Sc2c(F)cccc2[C@H](C)O)cc1. The molecule has 0 fully saturated rings. The minimum Gasteiger partial charge on any atom is -0.389 e. The first-order valence-corrected chi connectivity index (χ1v) is 7.55. The highest BCUT2D eigenvalue weighted by atomic mass is 32.2. The molecule has 3 heteroatoms. The molecule has 1 nitrogen and oxygen atoms in total. The second-order valence-electron chi connectivity index (χ2n) is 5.16. The smallest absolute Gasteiger partial charge is 0.137 e. The fourth-order valence-corrected chi connectivity index (χ4v) is 3.03. The maximum atomic E-state index is 14.0. The predicted molar refractivity (Wildman–Crippen MR) is 81.7 cm³/mol. The lowest BCUT2D eigenvalue weighted by molar-refractivity contribution is 0.195. The van der Waals surface area contributed by atoms with Gasteiger partial charge in [0.1, 0.15) is 5.82 Å². The summed E-state index contributed by atoms with van der Waals surface area (Å²) in [6, 6.07) is 12.9. The minimum absolute atomic E-state index is 0.290. The van der Waals surface area contributed by atoms with Gasteiger partial charge < -0.3 is 5.11 Å². The number of aliphatic hydroxyl groups excluding tert-OH is 1. The summed E-state index contributed by atoms with van der Waals surface area (Å²) in [5.41, 5.74) is 1.89. The van der Waals surface area contributed by atoms with E-state index in [0.29, 0.717) is 16.4 Å². The minimum atomic E-state index is -0.678. The molecule has 106 valence electrons. The van der Waals surface area contributed by atoms with E-state index >= 15 is 0 Å². The molecule has 0 radical (unpaired) electrons. The van der Waals surface area contributed by atoms with Crippen molar-refractivity contribution in [2.75, 3.05) is 0 Å². The number of hydrogen-bond donors (Lipinski definition) is 1. The second-order valence-corrected chi connectivity index (χ2v) is 6.24. The molecule has 2 aromatic rings. The zero-order valence-corrected chi connectivity index (χ0v) is 12.7. The molecule has 2 rings (SSSR count). The molecule has 0 aliphatic carbocycles. The first kappa shape index (κ1) is 15.1. The van der Waals surface area contributed by atoms with E-state index in [4.69, 9.17) is 0 Å². The van der Waals surface area contributed by atoms with Crippen molar-refractivity contribution in [2.24, 2.45) is 0 Å². The molecule has 0 saturated heterocycles. The van der Waals surface area contributed by atoms with Gasteiger partial charge in [-0.1, -0.05) is 49.9 Å². The van der Waals surface area contributed by atoms with Crippen LogP contribution in [-0.4, -0.2) is 5.11 Å². The average Bonchev–Trinajstić information content (AvgIpc) is 2.41. The van der Waals surface area contributed by atoms with Crippen molar-refractivity contribution in [3.05, 3.63) is 59.4 Å². The van der Waals surface area contributed by atoms with E-state index in [1.54, 1.807) is 19.1 Å². The third-order valence-electron chi connectivity index (χ3n) is 3.21. The third-order valence-corrected chi connectivity index (χ3v) is 4.36. The Kier molecular flexibility index (Phi) is 4.84. The van der Waals surface area contributed by atoms with Crippen LogP contribution in [0.1, 0.15) is 43.9 Å². The summed E-state index contributed by atoms with van der Waals surface area (Å²) < 4.78 is 14.0. The molecule has 0 amide bonds. The molecule has 1 atom stereocenters. The first-order chi connectivity index (χ1) is 9.49. The Morgan fingerprint density at radius 1 is 1.00 bits per heavy atom. The topological polar surface area (TPSA) is 20.2 Å². The molecular weight excluding hydrogens is 271 g/mol. The summed E-state index contributed by atoms with van der Waals surface area (Å²) in [5.74, 6) is 0.192. The van der Waals surface area contributed by atoms with Crippen LogP contribution in [0.4, 0.5) is 4.39 Å². The number of benzene rings is 2. The Morgan fingerprint density at radius 2 is 1.65 bits per heavy atom. The Balaban J connectivity index is 2.30. The van der Waals surface area contributed by atoms with Gasteiger partial charge in [-0.15, -0.1) is 0 Å². The van der Waals surface area contributed by atoms with Gasteiger partial charge in [-0.2, -0.15) is 0 Å². The van der Waals surface area contributed by atoms with Crippen molar-refractivity contribution in [3.8, 4) is 0 Å². The van der Waals surface area contributed by atoms with E-state index in [0.717, 1.165) is 4.90 Å². The van der Waals surface area contributed by atoms with Crippen molar-refractivity contribution in [1.82, 2.24) is 0 Å². The standard InChI is InChI=1S/C17H19FOS/c1-11(2)13-7-9-14(10-8-13)20-17-15(12(3)19)5-4-6-16(17)18/h4-12,19H,1-3H3/t12-/m0/s1. The quantitative estimate of drug-likeness (QED) is 0.840. The molecule has 0 aliphatic rings. The highest BCUT2D eigenvalue weighted by Gasteiger charge is 2.13. The van der Waals surface area contributed by atoms with Crippen LogP contribution in [0.5, 0.6) is 0 Å². The molecule has 2 aromatic carbocycles. The molecule has 0 spiro atoms. The summed E-state index contributed by atoms with van der Waals surface area (Å²) in [7, 11) is 0. The number of hydrogen-bond acceptors (Lipinski definition) is 2. The zero-order chi connectivity index (χ0) is 14.7. The predicted octanol–water partition coefficient (Wildman–Crippen LogP) is 5.15. The van der Waals surface area contributed by atoms with Gasteiger partial charge in [-0.3, -0.25) is 0 Å². The fourth-order valence-electron chi connectivity index (χ4n) is 2.00. The highest BCUT2D eigenvalue weighted by Crippen LogP contribution is 2.35. The third kappa shape index (κ3) is 3.41. The van der Waals surface area contributed by atoms with E-state index in [1.165, 1.54) is 23.4 Å². The molecule has 20 heavy (non-hydrogen) atoms. The molecule has 1 N–H and O–H groups in total. The maximum absolute atomic E-state index is 14.0. The van der Waals surface area contributed by atoms with Crippen molar-refractivity contribution in [3.63, 3.8) is 0 Å². The number of rotatable bonds is 4. The molecule has 0 unspecified atom stereocenters. The fraction of sp³-hybridized carbons (Fsp3) is 0.294. The van der Waals surface area contributed by atoms with Gasteiger partial charge >= 0.3 is 0 Å². The number of aliphatic hydroxyl groups is 1. The van der Waals surface area contributed by atoms with Gasteiger partial charge in [0.05, 0.1) is 11.0 Å². The molecule has 0 aromatic heterocycles. The summed E-state index contributed by atoms with van der Waals surface area (Å²) in [6.45, 7) is 5.94. The van der Waals surface area contributed by atoms with E-state index in [1.807, 2.05) is 12.1 Å². The Bertz CT molecular complexity index is 576. The summed E-state index contributed by atoms with van der Waals surface area (Å²) in [4.78, 5) is 1.47. The van der Waals surface area contributed by atoms with E-state index < -0.39 is 6.10 Å².